The molecule has 11 nitrogen and oxygen atoms in total. The number of nitrogens with two attached hydrogens (primary N) is 1. The van der Waals surface area contributed by atoms with Crippen LogP contribution < -0.4 is 16.4 Å². The fourth-order valence-corrected chi connectivity index (χ4v) is 4.47. The number of carbonyl (C=O) groups excluding carboxylic acids is 1. The zero-order valence-corrected chi connectivity index (χ0v) is 21.4. The van der Waals surface area contributed by atoms with Gasteiger partial charge in [-0.05, 0) is 38.0 Å². The number of amides is 1. The summed E-state index contributed by atoms with van der Waals surface area (Å²) in [6, 6.07) is 8.26. The smallest absolute Gasteiger partial charge is 0.273 e. The molecular formula is C26H37N7O4. The van der Waals surface area contributed by atoms with Crippen LogP contribution in [0.15, 0.2) is 30.5 Å². The summed E-state index contributed by atoms with van der Waals surface area (Å²) >= 11 is 0. The number of benzene rings is 1. The van der Waals surface area contributed by atoms with E-state index in [1.807, 2.05) is 37.4 Å². The molecule has 1 aliphatic rings. The Bertz CT molecular complexity index is 1150. The second-order valence-corrected chi connectivity index (χ2v) is 8.97. The second-order valence-electron chi connectivity index (χ2n) is 8.97. The van der Waals surface area contributed by atoms with E-state index in [0.717, 1.165) is 29.4 Å². The van der Waals surface area contributed by atoms with Crippen LogP contribution in [0.3, 0.4) is 0 Å². The van der Waals surface area contributed by atoms with Gasteiger partial charge < -0.3 is 35.1 Å². The highest BCUT2D eigenvalue weighted by molar-refractivity contribution is 5.99. The van der Waals surface area contributed by atoms with E-state index in [1.165, 1.54) is 19.3 Å². The van der Waals surface area contributed by atoms with Crippen LogP contribution in [0.1, 0.15) is 49.5 Å². The first-order valence-electron chi connectivity index (χ1n) is 13.0. The number of nitrogens with zero attached hydrogens (tertiary/aromatic N) is 4. The van der Waals surface area contributed by atoms with Gasteiger partial charge in [-0.2, -0.15) is 4.98 Å². The quantitative estimate of drug-likeness (QED) is 0.262. The summed E-state index contributed by atoms with van der Waals surface area (Å²) in [5.74, 6) is -0.00706. The molecule has 3 aromatic rings. The van der Waals surface area contributed by atoms with Crippen molar-refractivity contribution < 1.29 is 19.0 Å². The largest absolute Gasteiger partial charge is 0.379 e. The monoisotopic (exact) mass is 511 g/mol. The number of primary amides is 1. The van der Waals surface area contributed by atoms with Crippen LogP contribution in [0.5, 0.6) is 0 Å². The Morgan fingerprint density at radius 3 is 2.54 bits per heavy atom. The molecule has 0 bridgehead atoms. The number of rotatable bonds is 15. The average Bonchev–Trinajstić information content (AvgIpc) is 3.32. The Labute approximate surface area is 217 Å². The van der Waals surface area contributed by atoms with E-state index >= 15 is 0 Å². The SMILES string of the molecule is CCOCCOCCOCCn1ccc2c(Nc3nc(NC4CCCCC4)nnc3C(N)=O)cccc21. The number of hydrogen-bond acceptors (Lipinski definition) is 9. The zero-order valence-electron chi connectivity index (χ0n) is 21.4. The summed E-state index contributed by atoms with van der Waals surface area (Å²) in [4.78, 5) is 16.6. The van der Waals surface area contributed by atoms with Crippen LogP contribution in [-0.2, 0) is 20.8 Å². The third-order valence-electron chi connectivity index (χ3n) is 6.35. The molecule has 4 rings (SSSR count). The molecule has 0 saturated heterocycles. The Hall–Kier alpha value is -3.28. The van der Waals surface area contributed by atoms with Gasteiger partial charge in [0.05, 0.1) is 38.6 Å². The zero-order chi connectivity index (χ0) is 25.9. The average molecular weight is 512 g/mol. The van der Waals surface area contributed by atoms with Gasteiger partial charge in [0.25, 0.3) is 5.91 Å². The van der Waals surface area contributed by atoms with Gasteiger partial charge in [0.1, 0.15) is 0 Å². The summed E-state index contributed by atoms with van der Waals surface area (Å²) in [5.41, 5.74) is 7.40. The Balaban J connectivity index is 1.39. The van der Waals surface area contributed by atoms with E-state index in [-0.39, 0.29) is 11.5 Å². The van der Waals surface area contributed by atoms with Crippen molar-refractivity contribution in [3.63, 3.8) is 0 Å². The van der Waals surface area contributed by atoms with Crippen LogP contribution in [0.2, 0.25) is 0 Å². The number of nitrogens with one attached hydrogen (secondary N) is 2. The first-order chi connectivity index (χ1) is 18.2. The van der Waals surface area contributed by atoms with Crippen molar-refractivity contribution in [1.82, 2.24) is 19.7 Å². The van der Waals surface area contributed by atoms with E-state index in [2.05, 4.69) is 30.4 Å². The Kier molecular flexibility index (Phi) is 10.0. The van der Waals surface area contributed by atoms with Crippen molar-refractivity contribution in [2.45, 2.75) is 51.6 Å². The molecule has 0 radical (unpaired) electrons. The summed E-state index contributed by atoms with van der Waals surface area (Å²) in [6.45, 7) is 6.18. The molecule has 0 unspecified atom stereocenters. The lowest BCUT2D eigenvalue weighted by atomic mass is 9.96. The minimum absolute atomic E-state index is 0.00232. The van der Waals surface area contributed by atoms with Gasteiger partial charge >= 0.3 is 0 Å². The highest BCUT2D eigenvalue weighted by Gasteiger charge is 2.19. The van der Waals surface area contributed by atoms with Crippen LogP contribution in [-0.4, -0.2) is 71.3 Å². The normalized spacial score (nSPS) is 14.2. The number of anilines is 3. The van der Waals surface area contributed by atoms with E-state index in [1.54, 1.807) is 0 Å². The number of fused-ring (bicyclic) bond motifs is 1. The Morgan fingerprint density at radius 1 is 1.03 bits per heavy atom. The predicted octanol–water partition coefficient (Wildman–Crippen LogP) is 3.48. The first kappa shape index (κ1) is 26.8. The van der Waals surface area contributed by atoms with Gasteiger partial charge in [0.15, 0.2) is 11.5 Å². The topological polar surface area (TPSA) is 138 Å². The van der Waals surface area contributed by atoms with Gasteiger partial charge in [0, 0.05) is 36.5 Å². The van der Waals surface area contributed by atoms with Crippen molar-refractivity contribution in [2.75, 3.05) is 50.3 Å². The molecule has 1 fully saturated rings. The van der Waals surface area contributed by atoms with Crippen LogP contribution in [0, 0.1) is 0 Å². The van der Waals surface area contributed by atoms with Crippen LogP contribution >= 0.6 is 0 Å². The summed E-state index contributed by atoms with van der Waals surface area (Å²) in [6.07, 6.45) is 7.77. The van der Waals surface area contributed by atoms with E-state index in [4.69, 9.17) is 19.9 Å². The highest BCUT2D eigenvalue weighted by atomic mass is 16.5. The lowest BCUT2D eigenvalue weighted by molar-refractivity contribution is 0.0156. The first-order valence-corrected chi connectivity index (χ1v) is 13.0. The molecule has 37 heavy (non-hydrogen) atoms. The predicted molar refractivity (Wildman–Crippen MR) is 142 cm³/mol. The van der Waals surface area contributed by atoms with Gasteiger partial charge in [-0.15, -0.1) is 10.2 Å². The lowest BCUT2D eigenvalue weighted by Crippen LogP contribution is -2.25. The van der Waals surface area contributed by atoms with Crippen molar-refractivity contribution >= 4 is 34.3 Å². The van der Waals surface area contributed by atoms with Crippen LogP contribution in [0.4, 0.5) is 17.5 Å². The molecule has 0 atom stereocenters. The fourth-order valence-electron chi connectivity index (χ4n) is 4.47. The fraction of sp³-hybridized carbons (Fsp3) is 0.538. The van der Waals surface area contributed by atoms with Gasteiger partial charge in [0.2, 0.25) is 5.95 Å². The highest BCUT2D eigenvalue weighted by Crippen LogP contribution is 2.28. The van der Waals surface area contributed by atoms with E-state index < -0.39 is 5.91 Å². The molecule has 2 heterocycles. The summed E-state index contributed by atoms with van der Waals surface area (Å²) in [7, 11) is 0. The lowest BCUT2D eigenvalue weighted by Gasteiger charge is -2.22. The standard InChI is InChI=1S/C26H37N7O4/c1-2-35-15-16-37-18-17-36-14-13-33-12-11-20-21(9-6-10-22(20)33)29-25-23(24(27)34)31-32-26(30-25)28-19-7-4-3-5-8-19/h6,9-12,19H,2-5,7-8,13-18H2,1H3,(H2,27,34)(H2,28,29,30,32). The summed E-state index contributed by atoms with van der Waals surface area (Å²) in [5, 5.41) is 15.8. The molecule has 1 saturated carbocycles. The molecule has 4 N–H and O–H groups in total. The van der Waals surface area contributed by atoms with Crippen molar-refractivity contribution in [3.8, 4) is 0 Å². The number of hydrogen-bond donors (Lipinski definition) is 3. The van der Waals surface area contributed by atoms with Gasteiger partial charge in [-0.3, -0.25) is 4.79 Å². The molecule has 1 aromatic carbocycles. The third-order valence-corrected chi connectivity index (χ3v) is 6.35. The third kappa shape index (κ3) is 7.61. The Morgan fingerprint density at radius 2 is 1.78 bits per heavy atom. The minimum Gasteiger partial charge on any atom is -0.379 e. The van der Waals surface area contributed by atoms with E-state index in [9.17, 15) is 4.79 Å². The number of aromatic nitrogens is 4. The number of ether oxygens (including phenoxy) is 3. The summed E-state index contributed by atoms with van der Waals surface area (Å²) < 4.78 is 18.6. The molecule has 200 valence electrons. The molecule has 0 aliphatic heterocycles. The maximum atomic E-state index is 12.0. The molecule has 11 heteroatoms. The number of carbonyl (C=O) groups is 1. The van der Waals surface area contributed by atoms with Crippen molar-refractivity contribution in [3.05, 3.63) is 36.2 Å². The van der Waals surface area contributed by atoms with Crippen molar-refractivity contribution in [2.24, 2.45) is 5.73 Å². The second kappa shape index (κ2) is 13.9. The molecule has 2 aromatic heterocycles. The van der Waals surface area contributed by atoms with E-state index in [0.29, 0.717) is 58.2 Å². The minimum atomic E-state index is -0.685. The van der Waals surface area contributed by atoms with Crippen molar-refractivity contribution in [1.29, 1.82) is 0 Å². The maximum absolute atomic E-state index is 12.0. The van der Waals surface area contributed by atoms with Crippen LogP contribution in [0.25, 0.3) is 10.9 Å². The molecule has 1 amide bonds. The molecular weight excluding hydrogens is 474 g/mol. The molecule has 0 spiro atoms. The maximum Gasteiger partial charge on any atom is 0.273 e. The van der Waals surface area contributed by atoms with Gasteiger partial charge in [-0.1, -0.05) is 25.3 Å². The molecule has 1 aliphatic carbocycles. The van der Waals surface area contributed by atoms with Gasteiger partial charge in [-0.25, -0.2) is 0 Å².